The van der Waals surface area contributed by atoms with E-state index in [1.165, 1.54) is 10.9 Å². The minimum atomic E-state index is -0.552. The first kappa shape index (κ1) is 13.1. The zero-order valence-corrected chi connectivity index (χ0v) is 10.6. The third-order valence-corrected chi connectivity index (χ3v) is 2.74. The van der Waals surface area contributed by atoms with Gasteiger partial charge in [0, 0.05) is 0 Å². The Morgan fingerprint density at radius 3 is 2.68 bits per heavy atom. The van der Waals surface area contributed by atoms with Gasteiger partial charge in [-0.25, -0.2) is 0 Å². The maximum Gasteiger partial charge on any atom is 0.292 e. The van der Waals surface area contributed by atoms with E-state index in [4.69, 9.17) is 17.3 Å². The number of rotatable bonds is 4. The molecule has 0 aliphatic rings. The van der Waals surface area contributed by atoms with E-state index < -0.39 is 11.5 Å². The summed E-state index contributed by atoms with van der Waals surface area (Å²) in [7, 11) is 0. The predicted octanol–water partition coefficient (Wildman–Crippen LogP) is 0.783. The number of amides is 1. The lowest BCUT2D eigenvalue weighted by Crippen LogP contribution is -2.26. The summed E-state index contributed by atoms with van der Waals surface area (Å²) < 4.78 is 1.18. The van der Waals surface area contributed by atoms with E-state index in [0.29, 0.717) is 5.69 Å². The lowest BCUT2D eigenvalue weighted by atomic mass is 10.3. The zero-order valence-electron chi connectivity index (χ0n) is 9.84. The van der Waals surface area contributed by atoms with Gasteiger partial charge >= 0.3 is 0 Å². The third-order valence-electron chi connectivity index (χ3n) is 2.37. The highest BCUT2D eigenvalue weighted by Gasteiger charge is 2.10. The van der Waals surface area contributed by atoms with Gasteiger partial charge in [0.1, 0.15) is 5.02 Å². The average Bonchev–Trinajstić information content (AvgIpc) is 2.41. The lowest BCUT2D eigenvalue weighted by Gasteiger charge is -2.08. The van der Waals surface area contributed by atoms with Crippen molar-refractivity contribution in [2.24, 2.45) is 5.73 Å². The maximum atomic E-state index is 12.0. The van der Waals surface area contributed by atoms with E-state index in [2.05, 4.69) is 10.4 Å². The van der Waals surface area contributed by atoms with E-state index in [1.54, 1.807) is 24.3 Å². The number of primary amides is 1. The number of para-hydroxylation sites is 1. The number of hydrogen-bond acceptors (Lipinski definition) is 4. The summed E-state index contributed by atoms with van der Waals surface area (Å²) in [5.41, 5.74) is 5.41. The number of benzene rings is 1. The molecule has 0 unspecified atom stereocenters. The van der Waals surface area contributed by atoms with Crippen LogP contribution in [0.4, 0.5) is 5.69 Å². The molecule has 0 bridgehead atoms. The van der Waals surface area contributed by atoms with Crippen molar-refractivity contribution in [1.29, 1.82) is 0 Å². The minimum Gasteiger partial charge on any atom is -0.373 e. The summed E-state index contributed by atoms with van der Waals surface area (Å²) >= 11 is 5.94. The van der Waals surface area contributed by atoms with Crippen LogP contribution in [0.1, 0.15) is 0 Å². The van der Waals surface area contributed by atoms with Gasteiger partial charge in [0.25, 0.3) is 5.56 Å². The van der Waals surface area contributed by atoms with Gasteiger partial charge in [0.2, 0.25) is 5.91 Å². The molecule has 0 radical (unpaired) electrons. The molecule has 0 spiro atoms. The van der Waals surface area contributed by atoms with Crippen molar-refractivity contribution < 1.29 is 4.79 Å². The van der Waals surface area contributed by atoms with Gasteiger partial charge in [-0.1, -0.05) is 29.8 Å². The Morgan fingerprint density at radius 1 is 1.37 bits per heavy atom. The van der Waals surface area contributed by atoms with Crippen LogP contribution < -0.4 is 16.6 Å². The average molecular weight is 279 g/mol. The van der Waals surface area contributed by atoms with Crippen LogP contribution in [0.25, 0.3) is 5.69 Å². The SMILES string of the molecule is NC(=O)CNc1cnn(-c2ccccc2)c(=O)c1Cl. The number of halogens is 1. The number of aromatic nitrogens is 2. The minimum absolute atomic E-state index is 0.0416. The molecule has 1 aromatic carbocycles. The van der Waals surface area contributed by atoms with E-state index >= 15 is 0 Å². The first-order valence-electron chi connectivity index (χ1n) is 5.45. The summed E-state index contributed by atoms with van der Waals surface area (Å²) in [4.78, 5) is 22.7. The second-order valence-electron chi connectivity index (χ2n) is 3.74. The quantitative estimate of drug-likeness (QED) is 0.865. The molecule has 2 aromatic rings. The molecule has 3 N–H and O–H groups in total. The molecule has 7 heteroatoms. The summed E-state index contributed by atoms with van der Waals surface area (Å²) in [5, 5.41) is 6.60. The number of hydrogen-bond donors (Lipinski definition) is 2. The van der Waals surface area contributed by atoms with E-state index in [0.717, 1.165) is 0 Å². The van der Waals surface area contributed by atoms with E-state index in [9.17, 15) is 9.59 Å². The second kappa shape index (κ2) is 5.53. The fourth-order valence-corrected chi connectivity index (χ4v) is 1.69. The molecule has 0 fully saturated rings. The molecule has 0 saturated carbocycles. The fraction of sp³-hybridized carbons (Fsp3) is 0.0833. The Morgan fingerprint density at radius 2 is 2.05 bits per heavy atom. The maximum absolute atomic E-state index is 12.0. The Hall–Kier alpha value is -2.34. The Balaban J connectivity index is 2.38. The van der Waals surface area contributed by atoms with Crippen molar-refractivity contribution in [3.05, 3.63) is 51.9 Å². The molecule has 6 nitrogen and oxygen atoms in total. The van der Waals surface area contributed by atoms with Gasteiger partial charge in [-0.15, -0.1) is 0 Å². The summed E-state index contributed by atoms with van der Waals surface area (Å²) in [6.45, 7) is -0.115. The molecular formula is C12H11ClN4O2. The van der Waals surface area contributed by atoms with Crippen molar-refractivity contribution in [1.82, 2.24) is 9.78 Å². The lowest BCUT2D eigenvalue weighted by molar-refractivity contribution is -0.116. The number of nitrogens with two attached hydrogens (primary N) is 1. The smallest absolute Gasteiger partial charge is 0.292 e. The molecule has 1 amide bonds. The van der Waals surface area contributed by atoms with Crippen LogP contribution in [0.3, 0.4) is 0 Å². The second-order valence-corrected chi connectivity index (χ2v) is 4.12. The molecule has 0 aliphatic carbocycles. The number of carbonyl (C=O) groups excluding carboxylic acids is 1. The first-order chi connectivity index (χ1) is 9.09. The molecule has 98 valence electrons. The molecule has 0 atom stereocenters. The van der Waals surface area contributed by atoms with Crippen molar-refractivity contribution in [3.63, 3.8) is 0 Å². The molecular weight excluding hydrogens is 268 g/mol. The fourth-order valence-electron chi connectivity index (χ4n) is 1.49. The zero-order chi connectivity index (χ0) is 13.8. The summed E-state index contributed by atoms with van der Waals surface area (Å²) in [6.07, 6.45) is 1.37. The highest BCUT2D eigenvalue weighted by molar-refractivity contribution is 6.33. The topological polar surface area (TPSA) is 90.0 Å². The number of carbonyl (C=O) groups is 1. The van der Waals surface area contributed by atoms with Crippen molar-refractivity contribution in [2.45, 2.75) is 0 Å². The van der Waals surface area contributed by atoms with Gasteiger partial charge in [-0.2, -0.15) is 9.78 Å². The molecule has 1 heterocycles. The number of nitrogens with one attached hydrogen (secondary N) is 1. The Kier molecular flexibility index (Phi) is 3.82. The van der Waals surface area contributed by atoms with Crippen LogP contribution in [0.5, 0.6) is 0 Å². The standard InChI is InChI=1S/C12H11ClN4O2/c13-11-9(15-7-10(14)18)6-16-17(12(11)19)8-4-2-1-3-5-8/h1-6,15H,7H2,(H2,14,18). The largest absolute Gasteiger partial charge is 0.373 e. The van der Waals surface area contributed by atoms with Crippen LogP contribution >= 0.6 is 11.6 Å². The third kappa shape index (κ3) is 2.92. The van der Waals surface area contributed by atoms with Crippen molar-refractivity contribution in [2.75, 3.05) is 11.9 Å². The molecule has 1 aromatic heterocycles. The van der Waals surface area contributed by atoms with Crippen molar-refractivity contribution >= 4 is 23.2 Å². The molecule has 0 aliphatic heterocycles. The van der Waals surface area contributed by atoms with Gasteiger partial charge in [-0.3, -0.25) is 9.59 Å². The first-order valence-corrected chi connectivity index (χ1v) is 5.83. The van der Waals surface area contributed by atoms with Crippen LogP contribution in [-0.2, 0) is 4.79 Å². The van der Waals surface area contributed by atoms with E-state index in [1.807, 2.05) is 6.07 Å². The predicted molar refractivity (Wildman–Crippen MR) is 72.5 cm³/mol. The van der Waals surface area contributed by atoms with Crippen LogP contribution in [0, 0.1) is 0 Å². The summed E-state index contributed by atoms with van der Waals surface area (Å²) in [6, 6.07) is 8.88. The Labute approximate surface area is 113 Å². The van der Waals surface area contributed by atoms with E-state index in [-0.39, 0.29) is 17.3 Å². The number of anilines is 1. The van der Waals surface area contributed by atoms with Gasteiger partial charge in [0.05, 0.1) is 24.1 Å². The van der Waals surface area contributed by atoms with Crippen LogP contribution in [-0.4, -0.2) is 22.2 Å². The van der Waals surface area contributed by atoms with Crippen LogP contribution in [0.15, 0.2) is 41.3 Å². The molecule has 2 rings (SSSR count). The Bertz CT molecular complexity index is 655. The van der Waals surface area contributed by atoms with Crippen LogP contribution in [0.2, 0.25) is 5.02 Å². The number of nitrogens with zero attached hydrogens (tertiary/aromatic N) is 2. The van der Waals surface area contributed by atoms with Crippen molar-refractivity contribution in [3.8, 4) is 5.69 Å². The highest BCUT2D eigenvalue weighted by Crippen LogP contribution is 2.16. The molecule has 19 heavy (non-hydrogen) atoms. The van der Waals surface area contributed by atoms with Gasteiger partial charge < -0.3 is 11.1 Å². The molecule has 0 saturated heterocycles. The summed E-state index contributed by atoms with van der Waals surface area (Å²) in [5.74, 6) is -0.552. The monoisotopic (exact) mass is 278 g/mol. The van der Waals surface area contributed by atoms with Gasteiger partial charge in [0.15, 0.2) is 0 Å². The van der Waals surface area contributed by atoms with Gasteiger partial charge in [-0.05, 0) is 12.1 Å². The normalized spacial score (nSPS) is 10.2. The highest BCUT2D eigenvalue weighted by atomic mass is 35.5.